The van der Waals surface area contributed by atoms with Gasteiger partial charge in [0.25, 0.3) is 0 Å². The number of unbranched alkanes of at least 4 members (excludes halogenated alkanes) is 3. The van der Waals surface area contributed by atoms with E-state index in [1.165, 1.54) is 12.8 Å². The van der Waals surface area contributed by atoms with Crippen molar-refractivity contribution in [2.75, 3.05) is 46.9 Å². The Kier molecular flexibility index (Phi) is 9.85. The summed E-state index contributed by atoms with van der Waals surface area (Å²) >= 11 is 0. The van der Waals surface area contributed by atoms with Gasteiger partial charge in [0.1, 0.15) is 11.5 Å². The van der Waals surface area contributed by atoms with Crippen molar-refractivity contribution < 1.29 is 19.1 Å². The standard InChI is InChI=1S/C26H41N3O4/c1-4-5-6-7-14-27-26(31)20-10-8-15-28(18-20)19-25(30)29-16-9-11-23(29)22-17-21(32-2)12-13-24(22)33-3/h12-13,17,20,23H,4-11,14-16,18-19H2,1-3H3,(H,27,31). The molecule has 2 heterocycles. The van der Waals surface area contributed by atoms with Gasteiger partial charge < -0.3 is 19.7 Å². The molecule has 0 saturated carbocycles. The number of piperidine rings is 1. The number of nitrogens with one attached hydrogen (secondary N) is 1. The van der Waals surface area contributed by atoms with E-state index in [1.807, 2.05) is 23.1 Å². The molecule has 2 aliphatic rings. The van der Waals surface area contributed by atoms with Crippen LogP contribution < -0.4 is 14.8 Å². The van der Waals surface area contributed by atoms with Gasteiger partial charge in [-0.05, 0) is 56.8 Å². The van der Waals surface area contributed by atoms with Crippen LogP contribution in [0.25, 0.3) is 0 Å². The van der Waals surface area contributed by atoms with Crippen molar-refractivity contribution in [3.05, 3.63) is 23.8 Å². The topological polar surface area (TPSA) is 71.1 Å². The summed E-state index contributed by atoms with van der Waals surface area (Å²) < 4.78 is 11.0. The Balaban J connectivity index is 1.56. The number of amides is 2. The van der Waals surface area contributed by atoms with Crippen LogP contribution >= 0.6 is 0 Å². The number of nitrogens with zero attached hydrogens (tertiary/aromatic N) is 2. The van der Waals surface area contributed by atoms with Gasteiger partial charge >= 0.3 is 0 Å². The second-order valence-electron chi connectivity index (χ2n) is 9.28. The second kappa shape index (κ2) is 12.8. The third kappa shape index (κ3) is 6.85. The van der Waals surface area contributed by atoms with Crippen molar-refractivity contribution in [3.63, 3.8) is 0 Å². The molecule has 0 aliphatic carbocycles. The summed E-state index contributed by atoms with van der Waals surface area (Å²) in [6, 6.07) is 5.77. The highest BCUT2D eigenvalue weighted by molar-refractivity contribution is 5.80. The zero-order valence-electron chi connectivity index (χ0n) is 20.6. The Labute approximate surface area is 198 Å². The maximum absolute atomic E-state index is 13.3. The van der Waals surface area contributed by atoms with E-state index in [0.717, 1.165) is 75.2 Å². The number of ether oxygens (including phenoxy) is 2. The van der Waals surface area contributed by atoms with E-state index in [9.17, 15) is 9.59 Å². The minimum atomic E-state index is -0.0226. The molecule has 184 valence electrons. The van der Waals surface area contributed by atoms with Gasteiger partial charge in [0.05, 0.1) is 32.7 Å². The number of benzene rings is 1. The molecule has 0 aromatic heterocycles. The zero-order chi connectivity index (χ0) is 23.6. The van der Waals surface area contributed by atoms with Gasteiger partial charge in [0, 0.05) is 25.2 Å². The lowest BCUT2D eigenvalue weighted by Gasteiger charge is -2.34. The molecule has 3 rings (SSSR count). The highest BCUT2D eigenvalue weighted by Crippen LogP contribution is 2.39. The zero-order valence-corrected chi connectivity index (χ0v) is 20.6. The number of likely N-dealkylation sites (tertiary alicyclic amines) is 2. The fourth-order valence-corrected chi connectivity index (χ4v) is 5.09. The first kappa shape index (κ1) is 25.3. The van der Waals surface area contributed by atoms with Gasteiger partial charge in [-0.2, -0.15) is 0 Å². The van der Waals surface area contributed by atoms with Gasteiger partial charge in [-0.3, -0.25) is 14.5 Å². The molecule has 1 aromatic carbocycles. The highest BCUT2D eigenvalue weighted by Gasteiger charge is 2.34. The van der Waals surface area contributed by atoms with Crippen LogP contribution in [0.4, 0.5) is 0 Å². The van der Waals surface area contributed by atoms with Crippen LogP contribution in [0, 0.1) is 5.92 Å². The Hall–Kier alpha value is -2.28. The fraction of sp³-hybridized carbons (Fsp3) is 0.692. The minimum Gasteiger partial charge on any atom is -0.497 e. The molecule has 2 amide bonds. The van der Waals surface area contributed by atoms with Crippen molar-refractivity contribution in [1.29, 1.82) is 0 Å². The quantitative estimate of drug-likeness (QED) is 0.510. The number of carbonyl (C=O) groups is 2. The first-order valence-electron chi connectivity index (χ1n) is 12.6. The van der Waals surface area contributed by atoms with E-state index in [-0.39, 0.29) is 23.8 Å². The monoisotopic (exact) mass is 459 g/mol. The van der Waals surface area contributed by atoms with Crippen molar-refractivity contribution in [3.8, 4) is 11.5 Å². The molecule has 2 fully saturated rings. The lowest BCUT2D eigenvalue weighted by atomic mass is 9.97. The molecule has 7 nitrogen and oxygen atoms in total. The van der Waals surface area contributed by atoms with Crippen LogP contribution in [-0.4, -0.2) is 68.6 Å². The second-order valence-corrected chi connectivity index (χ2v) is 9.28. The molecule has 0 bridgehead atoms. The molecular formula is C26H41N3O4. The predicted molar refractivity (Wildman–Crippen MR) is 130 cm³/mol. The fourth-order valence-electron chi connectivity index (χ4n) is 5.09. The number of rotatable bonds is 11. The molecule has 2 atom stereocenters. The van der Waals surface area contributed by atoms with Gasteiger partial charge in [-0.1, -0.05) is 26.2 Å². The Bertz CT molecular complexity index is 785. The van der Waals surface area contributed by atoms with Crippen LogP contribution in [0.15, 0.2) is 18.2 Å². The molecule has 7 heteroatoms. The average Bonchev–Trinajstić information content (AvgIpc) is 3.33. The van der Waals surface area contributed by atoms with E-state index in [1.54, 1.807) is 14.2 Å². The summed E-state index contributed by atoms with van der Waals surface area (Å²) in [5.41, 5.74) is 1.00. The van der Waals surface area contributed by atoms with E-state index >= 15 is 0 Å². The summed E-state index contributed by atoms with van der Waals surface area (Å²) in [6.45, 7) is 5.59. The molecule has 0 radical (unpaired) electrons. The van der Waals surface area contributed by atoms with Crippen LogP contribution in [-0.2, 0) is 9.59 Å². The van der Waals surface area contributed by atoms with E-state index in [2.05, 4.69) is 17.1 Å². The first-order chi connectivity index (χ1) is 16.1. The SMILES string of the molecule is CCCCCCNC(=O)C1CCCN(CC(=O)N2CCCC2c2cc(OC)ccc2OC)C1. The average molecular weight is 460 g/mol. The molecule has 2 saturated heterocycles. The number of hydrogen-bond acceptors (Lipinski definition) is 5. The van der Waals surface area contributed by atoms with Crippen molar-refractivity contribution in [2.24, 2.45) is 5.92 Å². The minimum absolute atomic E-state index is 0.00504. The summed E-state index contributed by atoms with van der Waals surface area (Å²) in [5.74, 6) is 1.80. The third-order valence-electron chi connectivity index (χ3n) is 6.93. The lowest BCUT2D eigenvalue weighted by molar-refractivity contribution is -0.135. The Morgan fingerprint density at radius 3 is 2.64 bits per heavy atom. The molecule has 2 unspecified atom stereocenters. The molecule has 1 N–H and O–H groups in total. The van der Waals surface area contributed by atoms with E-state index in [4.69, 9.17) is 9.47 Å². The number of methoxy groups -OCH3 is 2. The Morgan fingerprint density at radius 1 is 1.06 bits per heavy atom. The molecule has 0 spiro atoms. The third-order valence-corrected chi connectivity index (χ3v) is 6.93. The number of hydrogen-bond donors (Lipinski definition) is 1. The lowest BCUT2D eigenvalue weighted by Crippen LogP contribution is -2.47. The normalized spacial score (nSPS) is 21.1. The maximum Gasteiger partial charge on any atom is 0.237 e. The maximum atomic E-state index is 13.3. The van der Waals surface area contributed by atoms with Crippen LogP contribution in [0.2, 0.25) is 0 Å². The van der Waals surface area contributed by atoms with Gasteiger partial charge in [-0.25, -0.2) is 0 Å². The molecule has 2 aliphatic heterocycles. The van der Waals surface area contributed by atoms with Crippen LogP contribution in [0.5, 0.6) is 11.5 Å². The van der Waals surface area contributed by atoms with Crippen molar-refractivity contribution in [2.45, 2.75) is 64.3 Å². The largest absolute Gasteiger partial charge is 0.497 e. The first-order valence-corrected chi connectivity index (χ1v) is 12.6. The Morgan fingerprint density at radius 2 is 1.88 bits per heavy atom. The van der Waals surface area contributed by atoms with E-state index in [0.29, 0.717) is 13.1 Å². The number of carbonyl (C=O) groups excluding carboxylic acids is 2. The smallest absolute Gasteiger partial charge is 0.237 e. The van der Waals surface area contributed by atoms with Gasteiger partial charge in [0.15, 0.2) is 0 Å². The summed E-state index contributed by atoms with van der Waals surface area (Å²) in [4.78, 5) is 30.1. The highest BCUT2D eigenvalue weighted by atomic mass is 16.5. The molecule has 1 aromatic rings. The summed E-state index contributed by atoms with van der Waals surface area (Å²) in [5, 5.41) is 3.11. The molecule has 33 heavy (non-hydrogen) atoms. The van der Waals surface area contributed by atoms with Gasteiger partial charge in [0.2, 0.25) is 11.8 Å². The van der Waals surface area contributed by atoms with E-state index < -0.39 is 0 Å². The van der Waals surface area contributed by atoms with Crippen molar-refractivity contribution in [1.82, 2.24) is 15.1 Å². The summed E-state index contributed by atoms with van der Waals surface area (Å²) in [6.07, 6.45) is 8.36. The van der Waals surface area contributed by atoms with Crippen LogP contribution in [0.1, 0.15) is 69.9 Å². The van der Waals surface area contributed by atoms with Gasteiger partial charge in [-0.15, -0.1) is 0 Å². The summed E-state index contributed by atoms with van der Waals surface area (Å²) in [7, 11) is 3.31. The van der Waals surface area contributed by atoms with Crippen LogP contribution in [0.3, 0.4) is 0 Å². The molecular weight excluding hydrogens is 418 g/mol. The van der Waals surface area contributed by atoms with Crippen molar-refractivity contribution >= 4 is 11.8 Å². The predicted octanol–water partition coefficient (Wildman–Crippen LogP) is 3.78.